The Morgan fingerprint density at radius 1 is 0.518 bits per heavy atom. The molecule has 0 bridgehead atoms. The third kappa shape index (κ3) is 18.1. The molecule has 56 heavy (non-hydrogen) atoms. The van der Waals surface area contributed by atoms with Crippen molar-refractivity contribution in [3.8, 4) is 23.0 Å². The van der Waals surface area contributed by atoms with Gasteiger partial charge in [0.2, 0.25) is 0 Å². The van der Waals surface area contributed by atoms with Crippen LogP contribution in [0.2, 0.25) is 0 Å². The number of rotatable bonds is 19. The van der Waals surface area contributed by atoms with E-state index < -0.39 is 36.2 Å². The minimum atomic E-state index is -0.964. The van der Waals surface area contributed by atoms with Gasteiger partial charge in [0, 0.05) is 12.2 Å². The first-order valence-corrected chi connectivity index (χ1v) is 16.9. The third-order valence-electron chi connectivity index (χ3n) is 6.44. The number of esters is 4. The summed E-state index contributed by atoms with van der Waals surface area (Å²) in [5, 5.41) is 0. The second-order valence-electron chi connectivity index (χ2n) is 10.2. The Bertz CT molecular complexity index is 1760. The maximum Gasteiger partial charge on any atom is 0.513 e. The summed E-state index contributed by atoms with van der Waals surface area (Å²) in [7, 11) is 0. The molecule has 3 aromatic carbocycles. The highest BCUT2D eigenvalue weighted by Crippen LogP contribution is 2.25. The standard InChI is InChI=1S/C37H34O15.C2H6.CH2O/c1-3-32(39)45-19-5-7-21-47-36(43)50-28-13-9-25(10-14-28)34(41)49-30-17-18-31(27(23-30)24-38)52-35(42)26-11-15-29(16-12-26)51-37(44)48-22-8-6-20-46-33(40)4-2;2*1-2/h3-4,9-18,23-24H,1-2,5-8,19-22H2;1-2H3;1H2. The summed E-state index contributed by atoms with van der Waals surface area (Å²) in [4.78, 5) is 90.9. The molecule has 0 unspecified atom stereocenters. The van der Waals surface area contributed by atoms with E-state index in [-0.39, 0.29) is 66.1 Å². The Hall–Kier alpha value is -7.10. The smallest absolute Gasteiger partial charge is 0.463 e. The van der Waals surface area contributed by atoms with Gasteiger partial charge in [-0.3, -0.25) is 4.79 Å². The van der Waals surface area contributed by atoms with Gasteiger partial charge in [-0.2, -0.15) is 0 Å². The fourth-order valence-electron chi connectivity index (χ4n) is 3.85. The summed E-state index contributed by atoms with van der Waals surface area (Å²) < 4.78 is 40.3. The van der Waals surface area contributed by atoms with E-state index in [0.717, 1.165) is 12.2 Å². The predicted octanol–water partition coefficient (Wildman–Crippen LogP) is 6.83. The normalized spacial score (nSPS) is 9.54. The quantitative estimate of drug-likeness (QED) is 0.0232. The number of aldehydes is 1. The molecular weight excluding hydrogens is 736 g/mol. The van der Waals surface area contributed by atoms with E-state index in [9.17, 15) is 33.6 Å². The number of hydrogen-bond acceptors (Lipinski definition) is 16. The monoisotopic (exact) mass is 778 g/mol. The lowest BCUT2D eigenvalue weighted by Crippen LogP contribution is -2.13. The van der Waals surface area contributed by atoms with Gasteiger partial charge < -0.3 is 42.7 Å². The van der Waals surface area contributed by atoms with Gasteiger partial charge in [-0.05, 0) is 92.4 Å². The molecule has 0 spiro atoms. The van der Waals surface area contributed by atoms with Crippen molar-refractivity contribution in [2.24, 2.45) is 0 Å². The first-order chi connectivity index (χ1) is 27.1. The Kier molecular flexibility index (Phi) is 23.0. The number of hydrogen-bond donors (Lipinski definition) is 0. The number of ether oxygens (including phenoxy) is 8. The molecule has 0 N–H and O–H groups in total. The van der Waals surface area contributed by atoms with Crippen LogP contribution < -0.4 is 18.9 Å². The van der Waals surface area contributed by atoms with E-state index in [1.807, 2.05) is 20.6 Å². The minimum absolute atomic E-state index is 0.0143. The van der Waals surface area contributed by atoms with Crippen molar-refractivity contribution < 1.29 is 76.3 Å². The summed E-state index contributed by atoms with van der Waals surface area (Å²) in [6.07, 6.45) is 2.41. The topological polar surface area (TPSA) is 210 Å². The van der Waals surface area contributed by atoms with Crippen molar-refractivity contribution in [2.45, 2.75) is 39.5 Å². The highest BCUT2D eigenvalue weighted by molar-refractivity contribution is 5.94. The van der Waals surface area contributed by atoms with Crippen molar-refractivity contribution in [3.63, 3.8) is 0 Å². The highest BCUT2D eigenvalue weighted by atomic mass is 16.7. The summed E-state index contributed by atoms with van der Waals surface area (Å²) in [6, 6.07) is 14.6. The van der Waals surface area contributed by atoms with Gasteiger partial charge in [0.05, 0.1) is 43.1 Å². The molecule has 16 heteroatoms. The molecule has 0 saturated carbocycles. The van der Waals surface area contributed by atoms with Gasteiger partial charge in [-0.25, -0.2) is 28.8 Å². The number of carbonyl (C=O) groups is 8. The van der Waals surface area contributed by atoms with Crippen LogP contribution in [-0.4, -0.2) is 75.7 Å². The number of unbranched alkanes of at least 4 members (excludes halogenated alkanes) is 2. The molecule has 0 fully saturated rings. The van der Waals surface area contributed by atoms with E-state index in [1.165, 1.54) is 66.7 Å². The maximum atomic E-state index is 12.7. The lowest BCUT2D eigenvalue weighted by atomic mass is 10.2. The molecule has 298 valence electrons. The number of carbonyl (C=O) groups excluding carboxylic acids is 8. The zero-order valence-electron chi connectivity index (χ0n) is 30.9. The molecule has 0 aliphatic rings. The second-order valence-corrected chi connectivity index (χ2v) is 10.2. The third-order valence-corrected chi connectivity index (χ3v) is 6.44. The second kappa shape index (κ2) is 27.5. The van der Waals surface area contributed by atoms with Gasteiger partial charge in [-0.15, -0.1) is 0 Å². The zero-order chi connectivity index (χ0) is 41.7. The largest absolute Gasteiger partial charge is 0.513 e. The van der Waals surface area contributed by atoms with E-state index >= 15 is 0 Å². The first-order valence-electron chi connectivity index (χ1n) is 16.9. The molecule has 0 aliphatic heterocycles. The average Bonchev–Trinajstić information content (AvgIpc) is 3.22. The predicted molar refractivity (Wildman–Crippen MR) is 198 cm³/mol. The fraction of sp³-hybridized carbons (Fsp3) is 0.250. The van der Waals surface area contributed by atoms with Crippen LogP contribution in [0.3, 0.4) is 0 Å². The molecule has 0 atom stereocenters. The van der Waals surface area contributed by atoms with Crippen LogP contribution in [0.1, 0.15) is 70.6 Å². The number of benzene rings is 3. The van der Waals surface area contributed by atoms with Crippen molar-refractivity contribution in [2.75, 3.05) is 26.4 Å². The van der Waals surface area contributed by atoms with Crippen LogP contribution in [-0.2, 0) is 33.3 Å². The Morgan fingerprint density at radius 3 is 1.29 bits per heavy atom. The van der Waals surface area contributed by atoms with Crippen molar-refractivity contribution in [3.05, 3.63) is 109 Å². The molecule has 0 radical (unpaired) electrons. The van der Waals surface area contributed by atoms with E-state index in [4.69, 9.17) is 42.7 Å². The molecule has 0 saturated heterocycles. The van der Waals surface area contributed by atoms with Gasteiger partial charge in [0.25, 0.3) is 0 Å². The lowest BCUT2D eigenvalue weighted by molar-refractivity contribution is -0.138. The summed E-state index contributed by atoms with van der Waals surface area (Å²) >= 11 is 0. The van der Waals surface area contributed by atoms with E-state index in [2.05, 4.69) is 13.2 Å². The van der Waals surface area contributed by atoms with Crippen LogP contribution in [0.15, 0.2) is 92.0 Å². The Balaban J connectivity index is 0.00000379. The summed E-state index contributed by atoms with van der Waals surface area (Å²) in [5.41, 5.74) is 0.0919. The SMILES string of the molecule is C=CC(=O)OCCCCOC(=O)Oc1ccc(C(=O)Oc2ccc(OC(=O)c3ccc(OC(=O)OCCCCOC(=O)C=C)cc3)c(C=O)c2)cc1.C=O.CC. The van der Waals surface area contributed by atoms with Crippen LogP contribution in [0, 0.1) is 0 Å². The summed E-state index contributed by atoms with van der Waals surface area (Å²) in [5.74, 6) is -2.60. The van der Waals surface area contributed by atoms with Crippen molar-refractivity contribution in [1.82, 2.24) is 0 Å². The van der Waals surface area contributed by atoms with Crippen LogP contribution in [0.5, 0.6) is 23.0 Å². The molecule has 0 heterocycles. The Morgan fingerprint density at radius 2 is 0.893 bits per heavy atom. The Labute approximate surface area is 322 Å². The van der Waals surface area contributed by atoms with Gasteiger partial charge in [0.15, 0.2) is 6.29 Å². The van der Waals surface area contributed by atoms with Crippen LogP contribution in [0.4, 0.5) is 9.59 Å². The molecule has 16 nitrogen and oxygen atoms in total. The molecule has 0 aliphatic carbocycles. The summed E-state index contributed by atoms with van der Waals surface area (Å²) in [6.45, 7) is 13.0. The first kappa shape index (κ1) is 46.9. The highest BCUT2D eigenvalue weighted by Gasteiger charge is 2.16. The fourth-order valence-corrected chi connectivity index (χ4v) is 3.85. The van der Waals surface area contributed by atoms with Crippen LogP contribution >= 0.6 is 0 Å². The van der Waals surface area contributed by atoms with E-state index in [1.54, 1.807) is 0 Å². The van der Waals surface area contributed by atoms with Gasteiger partial charge in [0.1, 0.15) is 29.8 Å². The van der Waals surface area contributed by atoms with Crippen molar-refractivity contribution >= 4 is 49.3 Å². The molecular formula is C40H42O16. The van der Waals surface area contributed by atoms with Crippen LogP contribution in [0.25, 0.3) is 0 Å². The van der Waals surface area contributed by atoms with E-state index in [0.29, 0.717) is 32.0 Å². The zero-order valence-corrected chi connectivity index (χ0v) is 30.9. The van der Waals surface area contributed by atoms with Crippen molar-refractivity contribution in [1.29, 1.82) is 0 Å². The molecule has 3 rings (SSSR count). The van der Waals surface area contributed by atoms with Gasteiger partial charge >= 0.3 is 36.2 Å². The lowest BCUT2D eigenvalue weighted by Gasteiger charge is -2.10. The maximum absolute atomic E-state index is 12.7. The van der Waals surface area contributed by atoms with Gasteiger partial charge in [-0.1, -0.05) is 27.0 Å². The minimum Gasteiger partial charge on any atom is -0.463 e. The molecule has 0 aromatic heterocycles. The molecule has 3 aromatic rings. The average molecular weight is 779 g/mol. The molecule has 0 amide bonds.